The van der Waals surface area contributed by atoms with Gasteiger partial charge in [-0.3, -0.25) is 0 Å². The molecule has 16 heavy (non-hydrogen) atoms. The van der Waals surface area contributed by atoms with Gasteiger partial charge in [0.1, 0.15) is 12.7 Å². The van der Waals surface area contributed by atoms with Crippen LogP contribution in [-0.4, -0.2) is 0 Å². The van der Waals surface area contributed by atoms with Crippen LogP contribution in [0.15, 0.2) is 48.7 Å². The molecule has 0 amide bonds. The van der Waals surface area contributed by atoms with Gasteiger partial charge in [-0.1, -0.05) is 30.3 Å². The molecule has 2 rings (SSSR count). The molecule has 0 aliphatic heterocycles. The molecule has 0 bridgehead atoms. The lowest BCUT2D eigenvalue weighted by Gasteiger charge is -1.97. The number of hydrogen-bond donors (Lipinski definition) is 1. The molecule has 1 aromatic heterocycles. The highest BCUT2D eigenvalue weighted by Gasteiger charge is 2.05. The molecule has 2 nitrogen and oxygen atoms in total. The summed E-state index contributed by atoms with van der Waals surface area (Å²) < 4.78 is 2.01. The first-order valence-electron chi connectivity index (χ1n) is 5.24. The number of hydrogen-bond acceptors (Lipinski definition) is 1. The third-order valence-electron chi connectivity index (χ3n) is 2.49. The topological polar surface area (TPSA) is 29.9 Å². The lowest BCUT2D eigenvalue weighted by atomic mass is 10.2. The van der Waals surface area contributed by atoms with Crippen LogP contribution < -0.4 is 10.3 Å². The summed E-state index contributed by atoms with van der Waals surface area (Å²) in [6.45, 7) is 0. The molecule has 0 fully saturated rings. The fourth-order valence-electron chi connectivity index (χ4n) is 1.60. The Labute approximate surface area is 95.7 Å². The highest BCUT2D eigenvalue weighted by molar-refractivity contribution is 5.71. The van der Waals surface area contributed by atoms with Gasteiger partial charge in [0.05, 0.1) is 0 Å². The molecular weight excluding hydrogens is 196 g/mol. The zero-order valence-corrected chi connectivity index (χ0v) is 9.30. The first-order valence-corrected chi connectivity index (χ1v) is 5.24. The summed E-state index contributed by atoms with van der Waals surface area (Å²) in [4.78, 5) is 0. The van der Waals surface area contributed by atoms with Crippen LogP contribution in [0.3, 0.4) is 0 Å². The highest BCUT2D eigenvalue weighted by Crippen LogP contribution is 2.10. The van der Waals surface area contributed by atoms with E-state index in [2.05, 4.69) is 18.2 Å². The Morgan fingerprint density at radius 3 is 2.44 bits per heavy atom. The molecule has 1 aromatic carbocycles. The molecule has 80 valence electrons. The molecule has 0 aliphatic carbocycles. The van der Waals surface area contributed by atoms with Crippen LogP contribution in [0, 0.1) is 0 Å². The fourth-order valence-corrected chi connectivity index (χ4v) is 1.60. The lowest BCUT2D eigenvalue weighted by molar-refractivity contribution is -0.672. The SMILES string of the molecule is C[n+]1cccc(N)c1C=Cc1ccccc1. The Kier molecular flexibility index (Phi) is 3.01. The lowest BCUT2D eigenvalue weighted by Crippen LogP contribution is -2.31. The average Bonchev–Trinajstić information content (AvgIpc) is 2.30. The van der Waals surface area contributed by atoms with Crippen LogP contribution in [0.5, 0.6) is 0 Å². The van der Waals surface area contributed by atoms with E-state index in [1.54, 1.807) is 0 Å². The number of aromatic nitrogens is 1. The maximum atomic E-state index is 5.91. The Hall–Kier alpha value is -2.09. The van der Waals surface area contributed by atoms with Crippen molar-refractivity contribution in [1.29, 1.82) is 0 Å². The molecule has 2 aromatic rings. The minimum absolute atomic E-state index is 0.789. The number of pyridine rings is 1. The van der Waals surface area contributed by atoms with Crippen molar-refractivity contribution < 1.29 is 4.57 Å². The second-order valence-electron chi connectivity index (χ2n) is 3.70. The second kappa shape index (κ2) is 4.62. The van der Waals surface area contributed by atoms with Crippen LogP contribution in [-0.2, 0) is 7.05 Å². The Bertz CT molecular complexity index is 481. The third-order valence-corrected chi connectivity index (χ3v) is 2.49. The quantitative estimate of drug-likeness (QED) is 0.759. The van der Waals surface area contributed by atoms with Crippen LogP contribution in [0.4, 0.5) is 5.69 Å². The predicted octanol–water partition coefficient (Wildman–Crippen LogP) is 2.26. The monoisotopic (exact) mass is 211 g/mol. The number of nitrogens with two attached hydrogens (primary N) is 1. The molecule has 0 atom stereocenters. The van der Waals surface area contributed by atoms with Gasteiger partial charge in [-0.05, 0) is 17.7 Å². The predicted molar refractivity (Wildman–Crippen MR) is 67.4 cm³/mol. The molecule has 2 N–H and O–H groups in total. The molecule has 2 heteroatoms. The van der Waals surface area contributed by atoms with Gasteiger partial charge in [0.25, 0.3) is 0 Å². The third kappa shape index (κ3) is 2.28. The van der Waals surface area contributed by atoms with E-state index < -0.39 is 0 Å². The van der Waals surface area contributed by atoms with Crippen molar-refractivity contribution in [1.82, 2.24) is 0 Å². The fraction of sp³-hybridized carbons (Fsp3) is 0.0714. The number of anilines is 1. The molecule has 0 spiro atoms. The Morgan fingerprint density at radius 1 is 1.00 bits per heavy atom. The van der Waals surface area contributed by atoms with E-state index in [0.717, 1.165) is 11.4 Å². The number of nitrogens with zero attached hydrogens (tertiary/aromatic N) is 1. The normalized spacial score (nSPS) is 10.8. The first kappa shape index (κ1) is 10.4. The molecule has 0 aliphatic rings. The maximum Gasteiger partial charge on any atom is 0.228 e. The van der Waals surface area contributed by atoms with E-state index >= 15 is 0 Å². The van der Waals surface area contributed by atoms with E-state index in [0.29, 0.717) is 0 Å². The number of rotatable bonds is 2. The summed E-state index contributed by atoms with van der Waals surface area (Å²) in [7, 11) is 1.99. The number of aryl methyl sites for hydroxylation is 1. The van der Waals surface area contributed by atoms with Crippen molar-refractivity contribution in [2.75, 3.05) is 5.73 Å². The molecular formula is C14H15N2+. The summed E-state index contributed by atoms with van der Waals surface area (Å²) in [5.74, 6) is 0. The summed E-state index contributed by atoms with van der Waals surface area (Å²) in [5.41, 5.74) is 8.89. The average molecular weight is 211 g/mol. The summed E-state index contributed by atoms with van der Waals surface area (Å²) in [6, 6.07) is 14.0. The van der Waals surface area contributed by atoms with Gasteiger partial charge in [0, 0.05) is 12.1 Å². The molecule has 0 radical (unpaired) electrons. The van der Waals surface area contributed by atoms with E-state index in [9.17, 15) is 0 Å². The smallest absolute Gasteiger partial charge is 0.228 e. The number of benzene rings is 1. The minimum atomic E-state index is 0.789. The maximum absolute atomic E-state index is 5.91. The second-order valence-corrected chi connectivity index (χ2v) is 3.70. The van der Waals surface area contributed by atoms with Gasteiger partial charge in [0.15, 0.2) is 6.20 Å². The van der Waals surface area contributed by atoms with E-state index in [1.165, 1.54) is 5.56 Å². The molecule has 0 saturated carbocycles. The molecule has 0 saturated heterocycles. The van der Waals surface area contributed by atoms with Crippen molar-refractivity contribution >= 4 is 17.8 Å². The van der Waals surface area contributed by atoms with Crippen LogP contribution >= 0.6 is 0 Å². The van der Waals surface area contributed by atoms with Crippen molar-refractivity contribution in [3.63, 3.8) is 0 Å². The summed E-state index contributed by atoms with van der Waals surface area (Å²) in [5, 5.41) is 0. The van der Waals surface area contributed by atoms with E-state index in [-0.39, 0.29) is 0 Å². The largest absolute Gasteiger partial charge is 0.393 e. The van der Waals surface area contributed by atoms with Gasteiger partial charge >= 0.3 is 0 Å². The Morgan fingerprint density at radius 2 is 1.75 bits per heavy atom. The summed E-state index contributed by atoms with van der Waals surface area (Å²) in [6.07, 6.45) is 6.08. The zero-order valence-electron chi connectivity index (χ0n) is 9.30. The zero-order chi connectivity index (χ0) is 11.4. The minimum Gasteiger partial charge on any atom is -0.393 e. The molecule has 0 unspecified atom stereocenters. The molecule has 1 heterocycles. The van der Waals surface area contributed by atoms with Crippen LogP contribution in [0.2, 0.25) is 0 Å². The van der Waals surface area contributed by atoms with Crippen molar-refractivity contribution in [2.24, 2.45) is 7.05 Å². The van der Waals surface area contributed by atoms with Crippen LogP contribution in [0.1, 0.15) is 11.3 Å². The summed E-state index contributed by atoms with van der Waals surface area (Å²) >= 11 is 0. The standard InChI is InChI=1S/C14H15N2/c1-16-11-5-8-13(15)14(16)10-9-12-6-3-2-4-7-12/h2-11H,15H2,1H3/q+1. The van der Waals surface area contributed by atoms with E-state index in [4.69, 9.17) is 5.73 Å². The highest BCUT2D eigenvalue weighted by atomic mass is 14.9. The van der Waals surface area contributed by atoms with Crippen LogP contribution in [0.25, 0.3) is 12.2 Å². The number of nitrogen functional groups attached to an aromatic ring is 1. The van der Waals surface area contributed by atoms with Gasteiger partial charge in [-0.2, -0.15) is 4.57 Å². The van der Waals surface area contributed by atoms with E-state index in [1.807, 2.05) is 54.2 Å². The Balaban J connectivity index is 2.31. The first-order chi connectivity index (χ1) is 7.77. The van der Waals surface area contributed by atoms with Gasteiger partial charge in [-0.25, -0.2) is 0 Å². The van der Waals surface area contributed by atoms with Crippen molar-refractivity contribution in [2.45, 2.75) is 0 Å². The van der Waals surface area contributed by atoms with Gasteiger partial charge < -0.3 is 5.73 Å². The van der Waals surface area contributed by atoms with Gasteiger partial charge in [0.2, 0.25) is 5.69 Å². The van der Waals surface area contributed by atoms with Crippen molar-refractivity contribution in [3.8, 4) is 0 Å². The van der Waals surface area contributed by atoms with Gasteiger partial charge in [-0.15, -0.1) is 0 Å². The van der Waals surface area contributed by atoms with Crippen molar-refractivity contribution in [3.05, 3.63) is 59.9 Å².